The highest BCUT2D eigenvalue weighted by Gasteiger charge is 2.28. The van der Waals surface area contributed by atoms with Crippen molar-refractivity contribution >= 4 is 38.6 Å². The molecule has 0 aliphatic carbocycles. The molecule has 0 spiro atoms. The van der Waals surface area contributed by atoms with Crippen molar-refractivity contribution in [2.24, 2.45) is 0 Å². The van der Waals surface area contributed by atoms with Gasteiger partial charge in [-0.15, -0.1) is 0 Å². The van der Waals surface area contributed by atoms with Crippen LogP contribution in [0.4, 0.5) is 11.6 Å². The van der Waals surface area contributed by atoms with Gasteiger partial charge >= 0.3 is 0 Å². The fourth-order valence-corrected chi connectivity index (χ4v) is 6.25. The lowest BCUT2D eigenvalue weighted by Gasteiger charge is -2.31. The predicted octanol–water partition coefficient (Wildman–Crippen LogP) is 3.98. The van der Waals surface area contributed by atoms with Gasteiger partial charge in [0.1, 0.15) is 0 Å². The number of anilines is 2. The Kier molecular flexibility index (Phi) is 6.07. The second-order valence-electron chi connectivity index (χ2n) is 8.75. The lowest BCUT2D eigenvalue weighted by Crippen LogP contribution is -2.36. The van der Waals surface area contributed by atoms with E-state index in [1.165, 1.54) is 16.8 Å². The largest absolute Gasteiger partial charge is 0.371 e. The summed E-state index contributed by atoms with van der Waals surface area (Å²) in [4.78, 5) is 23.3. The van der Waals surface area contributed by atoms with E-state index in [-0.39, 0.29) is 10.8 Å². The van der Waals surface area contributed by atoms with Crippen LogP contribution in [-0.2, 0) is 10.0 Å². The molecule has 1 aromatic heterocycles. The second-order valence-corrected chi connectivity index (χ2v) is 10.7. The topological polar surface area (TPSA) is 98.4 Å². The van der Waals surface area contributed by atoms with Crippen LogP contribution < -0.4 is 10.2 Å². The average molecular weight is 468 g/mol. The van der Waals surface area contributed by atoms with Crippen molar-refractivity contribution < 1.29 is 13.2 Å². The zero-order valence-corrected chi connectivity index (χ0v) is 19.4. The minimum Gasteiger partial charge on any atom is -0.371 e. The van der Waals surface area contributed by atoms with E-state index in [2.05, 4.69) is 20.2 Å². The van der Waals surface area contributed by atoms with Gasteiger partial charge in [-0.2, -0.15) is 4.31 Å². The van der Waals surface area contributed by atoms with Crippen LogP contribution in [0.3, 0.4) is 0 Å². The lowest BCUT2D eigenvalue weighted by molar-refractivity contribution is 0.102. The smallest absolute Gasteiger partial charge is 0.260 e. The highest BCUT2D eigenvalue weighted by Crippen LogP contribution is 2.30. The first-order chi connectivity index (χ1) is 16.0. The molecule has 3 heterocycles. The molecule has 2 fully saturated rings. The van der Waals surface area contributed by atoms with Crippen molar-refractivity contribution in [2.75, 3.05) is 36.4 Å². The Morgan fingerprint density at radius 2 is 1.61 bits per heavy atom. The maximum absolute atomic E-state index is 13.4. The molecule has 5 rings (SSSR count). The van der Waals surface area contributed by atoms with Crippen LogP contribution in [0.2, 0.25) is 0 Å². The van der Waals surface area contributed by atoms with Gasteiger partial charge in [0.25, 0.3) is 5.91 Å². The van der Waals surface area contributed by atoms with E-state index in [0.717, 1.165) is 61.9 Å². The number of rotatable bonds is 5. The minimum atomic E-state index is -3.65. The molecule has 2 N–H and O–H groups in total. The van der Waals surface area contributed by atoms with Gasteiger partial charge < -0.3 is 9.88 Å². The number of hydrogen-bond acceptors (Lipinski definition) is 5. The third kappa shape index (κ3) is 4.47. The summed E-state index contributed by atoms with van der Waals surface area (Å²) in [7, 11) is -3.65. The number of aromatic amines is 1. The summed E-state index contributed by atoms with van der Waals surface area (Å²) in [6.45, 7) is 2.75. The van der Waals surface area contributed by atoms with Crippen molar-refractivity contribution in [3.05, 3.63) is 48.0 Å². The number of para-hydroxylation sites is 2. The van der Waals surface area contributed by atoms with Crippen LogP contribution in [-0.4, -0.2) is 54.8 Å². The maximum atomic E-state index is 13.4. The first kappa shape index (κ1) is 21.9. The lowest BCUT2D eigenvalue weighted by atomic mass is 10.1. The summed E-state index contributed by atoms with van der Waals surface area (Å²) in [5, 5.41) is 2.84. The number of fused-ring (bicyclic) bond motifs is 1. The fourth-order valence-electron chi connectivity index (χ4n) is 4.71. The first-order valence-electron chi connectivity index (χ1n) is 11.7. The summed E-state index contributed by atoms with van der Waals surface area (Å²) in [6.07, 6.45) is 6.05. The normalized spacial score (nSPS) is 17.9. The molecule has 2 saturated heterocycles. The molecule has 0 unspecified atom stereocenters. The number of carbonyl (C=O) groups excluding carboxylic acids is 1. The minimum absolute atomic E-state index is 0.167. The molecule has 0 radical (unpaired) electrons. The van der Waals surface area contributed by atoms with Gasteiger partial charge in [-0.3, -0.25) is 10.1 Å². The Hall–Kier alpha value is -2.91. The number of hydrogen-bond donors (Lipinski definition) is 2. The van der Waals surface area contributed by atoms with Gasteiger partial charge in [0.05, 0.1) is 21.5 Å². The van der Waals surface area contributed by atoms with Gasteiger partial charge in [-0.25, -0.2) is 13.4 Å². The summed E-state index contributed by atoms with van der Waals surface area (Å²) in [5.74, 6) is -0.0274. The third-order valence-electron chi connectivity index (χ3n) is 6.48. The van der Waals surface area contributed by atoms with Crippen molar-refractivity contribution in [3.8, 4) is 0 Å². The zero-order valence-electron chi connectivity index (χ0n) is 18.6. The van der Waals surface area contributed by atoms with E-state index in [1.54, 1.807) is 12.1 Å². The van der Waals surface area contributed by atoms with Gasteiger partial charge in [0, 0.05) is 31.9 Å². The van der Waals surface area contributed by atoms with Crippen molar-refractivity contribution in [3.63, 3.8) is 0 Å². The standard InChI is InChI=1S/C24H29N5O3S/c30-23(27-24-25-20-9-3-4-10-21(20)26-24)19-17-18(33(31,32)29-15-7-2-8-16-29)11-12-22(19)28-13-5-1-6-14-28/h3-4,9-12,17H,1-2,5-8,13-16H2,(H2,25,26,27,30). The molecular formula is C24H29N5O3S. The van der Waals surface area contributed by atoms with Crippen LogP contribution in [0.15, 0.2) is 47.4 Å². The number of nitrogens with zero attached hydrogens (tertiary/aromatic N) is 3. The number of carbonyl (C=O) groups is 1. The van der Waals surface area contributed by atoms with E-state index in [9.17, 15) is 13.2 Å². The number of sulfonamides is 1. The van der Waals surface area contributed by atoms with Crippen molar-refractivity contribution in [1.82, 2.24) is 14.3 Å². The van der Waals surface area contributed by atoms with Crippen LogP contribution >= 0.6 is 0 Å². The number of imidazole rings is 1. The molecule has 0 bridgehead atoms. The molecule has 2 aliphatic heterocycles. The second kappa shape index (κ2) is 9.15. The summed E-state index contributed by atoms with van der Waals surface area (Å²) in [5.41, 5.74) is 2.70. The number of benzene rings is 2. The van der Waals surface area contributed by atoms with Crippen molar-refractivity contribution in [1.29, 1.82) is 0 Å². The van der Waals surface area contributed by atoms with Crippen LogP contribution in [0.5, 0.6) is 0 Å². The van der Waals surface area contributed by atoms with Gasteiger partial charge in [0.15, 0.2) is 0 Å². The summed E-state index contributed by atoms with van der Waals surface area (Å²) in [6, 6.07) is 12.5. The Labute approximate surface area is 194 Å². The predicted molar refractivity (Wildman–Crippen MR) is 129 cm³/mol. The Morgan fingerprint density at radius 3 is 2.33 bits per heavy atom. The zero-order chi connectivity index (χ0) is 22.8. The quantitative estimate of drug-likeness (QED) is 0.591. The first-order valence-corrected chi connectivity index (χ1v) is 13.1. The summed E-state index contributed by atoms with van der Waals surface area (Å²) >= 11 is 0. The number of piperidine rings is 2. The van der Waals surface area contributed by atoms with E-state index in [0.29, 0.717) is 24.6 Å². The van der Waals surface area contributed by atoms with Crippen LogP contribution in [0.25, 0.3) is 11.0 Å². The SMILES string of the molecule is O=C(Nc1nc2ccccc2[nH]1)c1cc(S(=O)(=O)N2CCCCC2)ccc1N1CCCCC1. The van der Waals surface area contributed by atoms with Crippen LogP contribution in [0, 0.1) is 0 Å². The molecule has 3 aromatic rings. The van der Waals surface area contributed by atoms with E-state index >= 15 is 0 Å². The Morgan fingerprint density at radius 1 is 0.909 bits per heavy atom. The van der Waals surface area contributed by atoms with E-state index in [4.69, 9.17) is 0 Å². The molecule has 8 nitrogen and oxygen atoms in total. The molecule has 33 heavy (non-hydrogen) atoms. The van der Waals surface area contributed by atoms with E-state index in [1.807, 2.05) is 24.3 Å². The molecule has 1 amide bonds. The molecule has 9 heteroatoms. The highest BCUT2D eigenvalue weighted by molar-refractivity contribution is 7.89. The van der Waals surface area contributed by atoms with Gasteiger partial charge in [-0.1, -0.05) is 18.6 Å². The number of amides is 1. The molecule has 2 aromatic carbocycles. The number of H-pyrrole nitrogens is 1. The summed E-state index contributed by atoms with van der Waals surface area (Å²) < 4.78 is 28.1. The molecule has 0 saturated carbocycles. The Bertz CT molecular complexity index is 1230. The monoisotopic (exact) mass is 467 g/mol. The van der Waals surface area contributed by atoms with Gasteiger partial charge in [-0.05, 0) is 62.4 Å². The van der Waals surface area contributed by atoms with Crippen LogP contribution in [0.1, 0.15) is 48.9 Å². The third-order valence-corrected chi connectivity index (χ3v) is 8.38. The Balaban J connectivity index is 1.50. The average Bonchev–Trinajstić information content (AvgIpc) is 3.27. The maximum Gasteiger partial charge on any atom is 0.260 e. The highest BCUT2D eigenvalue weighted by atomic mass is 32.2. The fraction of sp³-hybridized carbons (Fsp3) is 0.417. The molecular weight excluding hydrogens is 438 g/mol. The van der Waals surface area contributed by atoms with E-state index < -0.39 is 10.0 Å². The molecule has 174 valence electrons. The molecule has 2 aliphatic rings. The number of nitrogens with one attached hydrogen (secondary N) is 2. The van der Waals surface area contributed by atoms with Gasteiger partial charge in [0.2, 0.25) is 16.0 Å². The van der Waals surface area contributed by atoms with Crippen molar-refractivity contribution in [2.45, 2.75) is 43.4 Å². The number of aromatic nitrogens is 2. The molecule has 0 atom stereocenters.